The summed E-state index contributed by atoms with van der Waals surface area (Å²) in [5, 5.41) is 0. The predicted molar refractivity (Wildman–Crippen MR) is 77.0 cm³/mol. The predicted octanol–water partition coefficient (Wildman–Crippen LogP) is 3.93. The summed E-state index contributed by atoms with van der Waals surface area (Å²) >= 11 is 7.53. The molecule has 1 aromatic heterocycles. The van der Waals surface area contributed by atoms with Crippen LogP contribution in [0, 0.1) is 6.92 Å². The molecule has 0 fully saturated rings. The van der Waals surface area contributed by atoms with E-state index in [0.29, 0.717) is 0 Å². The molecule has 0 spiro atoms. The number of hydrogen-bond acceptors (Lipinski definition) is 3. The molecule has 0 saturated carbocycles. The first-order chi connectivity index (χ1) is 8.08. The lowest BCUT2D eigenvalue weighted by atomic mass is 10.1. The van der Waals surface area contributed by atoms with Gasteiger partial charge < -0.3 is 10.6 Å². The molecule has 0 unspecified atom stereocenters. The number of nitrogens with two attached hydrogens (primary N) is 1. The molecule has 1 aromatic carbocycles. The van der Waals surface area contributed by atoms with Gasteiger partial charge >= 0.3 is 0 Å². The molecular formula is C13H15ClN2S. The largest absolute Gasteiger partial charge is 0.397 e. The minimum atomic E-state index is 0.824. The first-order valence-electron chi connectivity index (χ1n) is 5.38. The van der Waals surface area contributed by atoms with Gasteiger partial charge in [0.15, 0.2) is 0 Å². The highest BCUT2D eigenvalue weighted by Crippen LogP contribution is 2.28. The molecular weight excluding hydrogens is 252 g/mol. The van der Waals surface area contributed by atoms with Gasteiger partial charge in [0.05, 0.1) is 22.3 Å². The van der Waals surface area contributed by atoms with Crippen LogP contribution >= 0.6 is 22.9 Å². The van der Waals surface area contributed by atoms with Crippen molar-refractivity contribution in [1.29, 1.82) is 0 Å². The van der Waals surface area contributed by atoms with Crippen LogP contribution in [0.2, 0.25) is 4.34 Å². The highest BCUT2D eigenvalue weighted by atomic mass is 35.5. The lowest BCUT2D eigenvalue weighted by molar-refractivity contribution is 0.941. The third-order valence-corrected chi connectivity index (χ3v) is 3.95. The molecule has 2 aromatic rings. The molecule has 1 heterocycles. The fourth-order valence-corrected chi connectivity index (χ4v) is 2.89. The third-order valence-electron chi connectivity index (χ3n) is 2.73. The highest BCUT2D eigenvalue weighted by Gasteiger charge is 2.08. The zero-order chi connectivity index (χ0) is 12.4. The van der Waals surface area contributed by atoms with Crippen molar-refractivity contribution >= 4 is 34.3 Å². The van der Waals surface area contributed by atoms with E-state index in [0.717, 1.165) is 27.8 Å². The zero-order valence-electron chi connectivity index (χ0n) is 9.90. The van der Waals surface area contributed by atoms with E-state index in [1.807, 2.05) is 38.2 Å². The van der Waals surface area contributed by atoms with Crippen molar-refractivity contribution in [2.24, 2.45) is 0 Å². The van der Waals surface area contributed by atoms with Crippen LogP contribution in [0.3, 0.4) is 0 Å². The third kappa shape index (κ3) is 2.73. The fraction of sp³-hybridized carbons (Fsp3) is 0.231. The highest BCUT2D eigenvalue weighted by molar-refractivity contribution is 7.16. The van der Waals surface area contributed by atoms with Crippen molar-refractivity contribution in [3.8, 4) is 0 Å². The Morgan fingerprint density at radius 2 is 2.06 bits per heavy atom. The van der Waals surface area contributed by atoms with Crippen molar-refractivity contribution in [3.05, 3.63) is 45.1 Å². The van der Waals surface area contributed by atoms with E-state index in [4.69, 9.17) is 17.3 Å². The summed E-state index contributed by atoms with van der Waals surface area (Å²) in [6.45, 7) is 2.85. The van der Waals surface area contributed by atoms with E-state index in [9.17, 15) is 0 Å². The van der Waals surface area contributed by atoms with Gasteiger partial charge in [-0.25, -0.2) is 0 Å². The van der Waals surface area contributed by atoms with Gasteiger partial charge in [-0.05, 0) is 30.7 Å². The molecule has 0 radical (unpaired) electrons. The first-order valence-corrected chi connectivity index (χ1v) is 6.58. The van der Waals surface area contributed by atoms with Gasteiger partial charge in [-0.2, -0.15) is 0 Å². The Labute approximate surface area is 111 Å². The van der Waals surface area contributed by atoms with E-state index >= 15 is 0 Å². The molecule has 2 N–H and O–H groups in total. The summed E-state index contributed by atoms with van der Waals surface area (Å²) in [6, 6.07) is 10.1. The molecule has 0 bridgehead atoms. The topological polar surface area (TPSA) is 29.3 Å². The number of nitrogens with zero attached hydrogens (tertiary/aromatic N) is 1. The van der Waals surface area contributed by atoms with Crippen LogP contribution in [-0.4, -0.2) is 7.05 Å². The molecule has 0 aliphatic rings. The number of nitrogen functional groups attached to an aromatic ring is 1. The summed E-state index contributed by atoms with van der Waals surface area (Å²) in [5.41, 5.74) is 9.10. The monoisotopic (exact) mass is 266 g/mol. The van der Waals surface area contributed by atoms with E-state index < -0.39 is 0 Å². The quantitative estimate of drug-likeness (QED) is 0.853. The average Bonchev–Trinajstić information content (AvgIpc) is 2.68. The normalized spacial score (nSPS) is 10.5. The second kappa shape index (κ2) is 4.98. The van der Waals surface area contributed by atoms with Gasteiger partial charge in [-0.3, -0.25) is 0 Å². The number of aryl methyl sites for hydroxylation is 1. The molecule has 90 valence electrons. The number of rotatable bonds is 3. The Morgan fingerprint density at radius 3 is 2.71 bits per heavy atom. The number of anilines is 2. The summed E-state index contributed by atoms with van der Waals surface area (Å²) in [7, 11) is 2.04. The Morgan fingerprint density at radius 1 is 1.29 bits per heavy atom. The van der Waals surface area contributed by atoms with Crippen LogP contribution in [0.4, 0.5) is 11.4 Å². The molecule has 0 aliphatic carbocycles. The molecule has 0 aliphatic heterocycles. The number of para-hydroxylation sites is 1. The molecule has 2 rings (SSSR count). The van der Waals surface area contributed by atoms with E-state index in [1.54, 1.807) is 11.3 Å². The van der Waals surface area contributed by atoms with E-state index in [-0.39, 0.29) is 0 Å². The van der Waals surface area contributed by atoms with Crippen LogP contribution in [0.25, 0.3) is 0 Å². The number of hydrogen-bond donors (Lipinski definition) is 1. The maximum absolute atomic E-state index is 6.08. The fourth-order valence-electron chi connectivity index (χ4n) is 1.75. The van der Waals surface area contributed by atoms with Crippen LogP contribution in [-0.2, 0) is 6.54 Å². The standard InChI is InChI=1S/C13H15ClN2S/c1-9-4-3-5-11(13(9)15)16(2)8-10-6-7-12(14)17-10/h3-7H,8,15H2,1-2H3. The molecule has 0 amide bonds. The minimum absolute atomic E-state index is 0.824. The van der Waals surface area contributed by atoms with Crippen molar-refractivity contribution in [1.82, 2.24) is 0 Å². The van der Waals surface area contributed by atoms with Crippen LogP contribution in [0.15, 0.2) is 30.3 Å². The van der Waals surface area contributed by atoms with Gasteiger partial charge in [0, 0.05) is 11.9 Å². The maximum Gasteiger partial charge on any atom is 0.0931 e. The first kappa shape index (κ1) is 12.3. The molecule has 17 heavy (non-hydrogen) atoms. The van der Waals surface area contributed by atoms with Crippen LogP contribution < -0.4 is 10.6 Å². The summed E-state index contributed by atoms with van der Waals surface area (Å²) < 4.78 is 0.825. The van der Waals surface area contributed by atoms with E-state index in [1.165, 1.54) is 4.88 Å². The Kier molecular flexibility index (Phi) is 3.60. The van der Waals surface area contributed by atoms with Gasteiger partial charge in [0.2, 0.25) is 0 Å². The lowest BCUT2D eigenvalue weighted by Gasteiger charge is -2.21. The minimum Gasteiger partial charge on any atom is -0.397 e. The smallest absolute Gasteiger partial charge is 0.0931 e. The van der Waals surface area contributed by atoms with Crippen molar-refractivity contribution in [2.75, 3.05) is 17.7 Å². The Balaban J connectivity index is 2.20. The number of benzene rings is 1. The van der Waals surface area contributed by atoms with Gasteiger partial charge in [-0.1, -0.05) is 23.7 Å². The van der Waals surface area contributed by atoms with Gasteiger partial charge in [0.1, 0.15) is 0 Å². The molecule has 2 nitrogen and oxygen atoms in total. The second-order valence-electron chi connectivity index (χ2n) is 4.07. The van der Waals surface area contributed by atoms with Crippen molar-refractivity contribution in [3.63, 3.8) is 0 Å². The molecule has 4 heteroatoms. The van der Waals surface area contributed by atoms with E-state index in [2.05, 4.69) is 11.0 Å². The van der Waals surface area contributed by atoms with Crippen molar-refractivity contribution in [2.45, 2.75) is 13.5 Å². The lowest BCUT2D eigenvalue weighted by Crippen LogP contribution is -2.17. The second-order valence-corrected chi connectivity index (χ2v) is 5.87. The summed E-state index contributed by atoms with van der Waals surface area (Å²) in [5.74, 6) is 0. The maximum atomic E-state index is 6.08. The van der Waals surface area contributed by atoms with Crippen molar-refractivity contribution < 1.29 is 0 Å². The van der Waals surface area contributed by atoms with Gasteiger partial charge in [0.25, 0.3) is 0 Å². The van der Waals surface area contributed by atoms with Gasteiger partial charge in [-0.15, -0.1) is 11.3 Å². The molecule has 0 saturated heterocycles. The summed E-state index contributed by atoms with van der Waals surface area (Å²) in [4.78, 5) is 3.38. The molecule has 0 atom stereocenters. The number of thiophene rings is 1. The zero-order valence-corrected chi connectivity index (χ0v) is 11.5. The summed E-state index contributed by atoms with van der Waals surface area (Å²) in [6.07, 6.45) is 0. The van der Waals surface area contributed by atoms with Crippen LogP contribution in [0.1, 0.15) is 10.4 Å². The van der Waals surface area contributed by atoms with Crippen LogP contribution in [0.5, 0.6) is 0 Å². The Hall–Kier alpha value is -1.19. The Bertz CT molecular complexity index is 522. The average molecular weight is 267 g/mol. The SMILES string of the molecule is Cc1cccc(N(C)Cc2ccc(Cl)s2)c1N. The number of halogens is 1.